The monoisotopic (exact) mass is 347 g/mol. The number of nitrogens with zero attached hydrogens (tertiary/aromatic N) is 3. The Balaban J connectivity index is 2.35. The molecule has 0 aromatic carbocycles. The Bertz CT molecular complexity index is 680. The summed E-state index contributed by atoms with van der Waals surface area (Å²) in [6.45, 7) is 6.01. The van der Waals surface area contributed by atoms with Crippen LogP contribution in [0.2, 0.25) is 0 Å². The molecule has 0 spiro atoms. The van der Waals surface area contributed by atoms with E-state index in [2.05, 4.69) is 15.0 Å². The van der Waals surface area contributed by atoms with Crippen molar-refractivity contribution in [3.63, 3.8) is 0 Å². The maximum atomic E-state index is 12.9. The van der Waals surface area contributed by atoms with Crippen molar-refractivity contribution >= 4 is 17.5 Å². The van der Waals surface area contributed by atoms with Crippen molar-refractivity contribution in [2.75, 3.05) is 14.2 Å². The van der Waals surface area contributed by atoms with Crippen LogP contribution in [0, 0.1) is 5.41 Å². The van der Waals surface area contributed by atoms with E-state index in [-0.39, 0.29) is 11.2 Å². The Kier molecular flexibility index (Phi) is 5.77. The molecular formula is C17H21N3O3S. The lowest BCUT2D eigenvalue weighted by Crippen LogP contribution is -2.32. The van der Waals surface area contributed by atoms with Crippen LogP contribution in [0.1, 0.15) is 31.3 Å². The number of aromatic nitrogens is 3. The van der Waals surface area contributed by atoms with Crippen molar-refractivity contribution in [1.82, 2.24) is 15.0 Å². The van der Waals surface area contributed by atoms with E-state index in [4.69, 9.17) is 9.47 Å². The van der Waals surface area contributed by atoms with Crippen molar-refractivity contribution in [3.05, 3.63) is 36.2 Å². The van der Waals surface area contributed by atoms with E-state index in [0.717, 1.165) is 0 Å². The summed E-state index contributed by atoms with van der Waals surface area (Å²) in [5.74, 6) is 0.725. The molecule has 0 N–H and O–H groups in total. The van der Waals surface area contributed by atoms with Gasteiger partial charge in [0.15, 0.2) is 10.9 Å². The fraction of sp³-hybridized carbons (Fsp3) is 0.412. The first-order chi connectivity index (χ1) is 11.3. The number of ether oxygens (including phenoxy) is 2. The van der Waals surface area contributed by atoms with Crippen LogP contribution in [0.3, 0.4) is 0 Å². The van der Waals surface area contributed by atoms with Crippen LogP contribution in [0.15, 0.2) is 35.6 Å². The number of carbonyl (C=O) groups excluding carboxylic acids is 1. The van der Waals surface area contributed by atoms with Gasteiger partial charge in [-0.1, -0.05) is 38.6 Å². The molecule has 0 aliphatic rings. The molecule has 0 saturated carbocycles. The van der Waals surface area contributed by atoms with Crippen LogP contribution in [0.5, 0.6) is 11.8 Å². The number of pyridine rings is 1. The SMILES string of the molecule is COc1cc(OC)nc(SC(C(=O)c2ccccn2)C(C)(C)C)n1. The summed E-state index contributed by atoms with van der Waals surface area (Å²) in [6, 6.07) is 6.90. The minimum Gasteiger partial charge on any atom is -0.481 e. The minimum absolute atomic E-state index is 0.0570. The zero-order valence-electron chi connectivity index (χ0n) is 14.4. The van der Waals surface area contributed by atoms with E-state index >= 15 is 0 Å². The number of thioether (sulfide) groups is 1. The maximum Gasteiger partial charge on any atom is 0.220 e. The number of rotatable bonds is 6. The molecule has 0 bridgehead atoms. The molecule has 0 aliphatic heterocycles. The van der Waals surface area contributed by atoms with Gasteiger partial charge in [-0.2, -0.15) is 9.97 Å². The van der Waals surface area contributed by atoms with Crippen molar-refractivity contribution < 1.29 is 14.3 Å². The third-order valence-electron chi connectivity index (χ3n) is 3.24. The van der Waals surface area contributed by atoms with Gasteiger partial charge in [0.25, 0.3) is 0 Å². The molecule has 2 rings (SSSR count). The van der Waals surface area contributed by atoms with Gasteiger partial charge < -0.3 is 9.47 Å². The molecule has 7 heteroatoms. The molecule has 24 heavy (non-hydrogen) atoms. The second-order valence-corrected chi connectivity index (χ2v) is 7.25. The summed E-state index contributed by atoms with van der Waals surface area (Å²) < 4.78 is 10.3. The van der Waals surface area contributed by atoms with Crippen molar-refractivity contribution in [2.45, 2.75) is 31.2 Å². The standard InChI is InChI=1S/C17H21N3O3S/c1-17(2,3)15(14(21)11-8-6-7-9-18-11)24-16-19-12(22-4)10-13(20-16)23-5/h6-10,15H,1-5H3. The number of hydrogen-bond acceptors (Lipinski definition) is 7. The topological polar surface area (TPSA) is 74.2 Å². The first-order valence-corrected chi connectivity index (χ1v) is 8.32. The van der Waals surface area contributed by atoms with Gasteiger partial charge in [0, 0.05) is 6.20 Å². The van der Waals surface area contributed by atoms with Crippen LogP contribution >= 0.6 is 11.8 Å². The molecule has 1 unspecified atom stereocenters. The average molecular weight is 347 g/mol. The number of methoxy groups -OCH3 is 2. The van der Waals surface area contributed by atoms with Crippen LogP contribution in [0.4, 0.5) is 0 Å². The third kappa shape index (κ3) is 4.44. The maximum absolute atomic E-state index is 12.9. The van der Waals surface area contributed by atoms with Crippen LogP contribution in [-0.2, 0) is 0 Å². The first kappa shape index (κ1) is 18.2. The summed E-state index contributed by atoms with van der Waals surface area (Å²) >= 11 is 1.29. The van der Waals surface area contributed by atoms with Gasteiger partial charge in [-0.25, -0.2) is 0 Å². The van der Waals surface area contributed by atoms with Crippen LogP contribution < -0.4 is 9.47 Å². The fourth-order valence-corrected chi connectivity index (χ4v) is 3.09. The summed E-state index contributed by atoms with van der Waals surface area (Å²) in [5, 5.41) is 0.0274. The highest BCUT2D eigenvalue weighted by molar-refractivity contribution is 8.00. The molecule has 2 aromatic heterocycles. The Labute approximate surface area is 146 Å². The second kappa shape index (κ2) is 7.61. The first-order valence-electron chi connectivity index (χ1n) is 7.44. The predicted octanol–water partition coefficient (Wildman–Crippen LogP) is 3.28. The van der Waals surface area contributed by atoms with E-state index in [1.165, 1.54) is 26.0 Å². The lowest BCUT2D eigenvalue weighted by atomic mass is 9.88. The number of hydrogen-bond donors (Lipinski definition) is 0. The molecule has 2 aromatic rings. The van der Waals surface area contributed by atoms with E-state index < -0.39 is 5.25 Å². The van der Waals surface area contributed by atoms with Crippen molar-refractivity contribution in [1.29, 1.82) is 0 Å². The summed E-state index contributed by atoms with van der Waals surface area (Å²) in [4.78, 5) is 25.7. The van der Waals surface area contributed by atoms with Crippen LogP contribution in [-0.4, -0.2) is 40.2 Å². The van der Waals surface area contributed by atoms with Gasteiger partial charge in [0.1, 0.15) is 5.69 Å². The Hall–Kier alpha value is -2.15. The van der Waals surface area contributed by atoms with Crippen molar-refractivity contribution in [2.24, 2.45) is 5.41 Å². The molecule has 0 aliphatic carbocycles. The molecule has 2 heterocycles. The predicted molar refractivity (Wildman–Crippen MR) is 92.8 cm³/mol. The lowest BCUT2D eigenvalue weighted by Gasteiger charge is -2.28. The smallest absolute Gasteiger partial charge is 0.220 e. The molecule has 6 nitrogen and oxygen atoms in total. The lowest BCUT2D eigenvalue weighted by molar-refractivity contribution is 0.0945. The largest absolute Gasteiger partial charge is 0.481 e. The van der Waals surface area contributed by atoms with Gasteiger partial charge in [0.2, 0.25) is 11.8 Å². The minimum atomic E-state index is -0.399. The Morgan fingerprint density at radius 1 is 1.12 bits per heavy atom. The average Bonchev–Trinajstić information content (AvgIpc) is 2.58. The quantitative estimate of drug-likeness (QED) is 0.451. The Morgan fingerprint density at radius 2 is 1.75 bits per heavy atom. The summed E-state index contributed by atoms with van der Waals surface area (Å²) in [6.07, 6.45) is 1.61. The molecule has 0 amide bonds. The highest BCUT2D eigenvalue weighted by atomic mass is 32.2. The molecule has 0 fully saturated rings. The number of Topliss-reactive ketones (excluding diaryl/α,β-unsaturated/α-hetero) is 1. The highest BCUT2D eigenvalue weighted by Gasteiger charge is 2.34. The van der Waals surface area contributed by atoms with E-state index in [0.29, 0.717) is 22.6 Å². The molecule has 128 valence electrons. The van der Waals surface area contributed by atoms with E-state index in [9.17, 15) is 4.79 Å². The molecule has 1 atom stereocenters. The van der Waals surface area contributed by atoms with Gasteiger partial charge in [-0.15, -0.1) is 0 Å². The number of carbonyl (C=O) groups is 1. The van der Waals surface area contributed by atoms with E-state index in [1.54, 1.807) is 30.5 Å². The molecule has 0 radical (unpaired) electrons. The molecule has 0 saturated heterocycles. The summed E-state index contributed by atoms with van der Waals surface area (Å²) in [5.41, 5.74) is 0.124. The summed E-state index contributed by atoms with van der Waals surface area (Å²) in [7, 11) is 3.05. The normalized spacial score (nSPS) is 12.5. The fourth-order valence-electron chi connectivity index (χ4n) is 2.02. The Morgan fingerprint density at radius 3 is 2.21 bits per heavy atom. The zero-order valence-corrected chi connectivity index (χ0v) is 15.3. The molecular weight excluding hydrogens is 326 g/mol. The van der Waals surface area contributed by atoms with Gasteiger partial charge in [-0.3, -0.25) is 9.78 Å². The number of ketones is 1. The van der Waals surface area contributed by atoms with Crippen LogP contribution in [0.25, 0.3) is 0 Å². The van der Waals surface area contributed by atoms with Gasteiger partial charge in [-0.05, 0) is 17.5 Å². The van der Waals surface area contributed by atoms with Gasteiger partial charge in [0.05, 0.1) is 25.5 Å². The van der Waals surface area contributed by atoms with E-state index in [1.807, 2.05) is 20.8 Å². The highest BCUT2D eigenvalue weighted by Crippen LogP contribution is 2.37. The zero-order chi connectivity index (χ0) is 17.7. The third-order valence-corrected chi connectivity index (χ3v) is 4.79. The van der Waals surface area contributed by atoms with Crippen molar-refractivity contribution in [3.8, 4) is 11.8 Å². The second-order valence-electron chi connectivity index (χ2n) is 6.18. The van der Waals surface area contributed by atoms with Gasteiger partial charge >= 0.3 is 0 Å².